The first kappa shape index (κ1) is 13.7. The molecule has 0 aromatic heterocycles. The van der Waals surface area contributed by atoms with E-state index in [1.165, 1.54) is 12.8 Å². The summed E-state index contributed by atoms with van der Waals surface area (Å²) in [6, 6.07) is 5.81. The summed E-state index contributed by atoms with van der Waals surface area (Å²) in [5.74, 6) is 1.48. The van der Waals surface area contributed by atoms with Crippen LogP contribution in [0.3, 0.4) is 0 Å². The number of ether oxygens (including phenoxy) is 2. The third-order valence-electron chi connectivity index (χ3n) is 3.97. The molecule has 0 unspecified atom stereocenters. The van der Waals surface area contributed by atoms with E-state index in [1.54, 1.807) is 6.07 Å². The molecule has 1 aliphatic heterocycles. The Kier molecular flexibility index (Phi) is 4.15. The van der Waals surface area contributed by atoms with E-state index >= 15 is 0 Å². The molecular formula is C15H18BrNO3. The van der Waals surface area contributed by atoms with Gasteiger partial charge in [-0.1, -0.05) is 28.8 Å². The molecule has 108 valence electrons. The molecule has 0 radical (unpaired) electrons. The van der Waals surface area contributed by atoms with Crippen molar-refractivity contribution in [2.75, 3.05) is 18.7 Å². The fraction of sp³-hybridized carbons (Fsp3) is 0.533. The zero-order valence-corrected chi connectivity index (χ0v) is 12.9. The summed E-state index contributed by atoms with van der Waals surface area (Å²) in [5, 5.41) is 0.805. The number of carbonyl (C=O) groups is 1. The Morgan fingerprint density at radius 1 is 1.25 bits per heavy atom. The first-order chi connectivity index (χ1) is 9.79. The standard InChI is InChI=1S/C15H18BrNO3/c16-7-8-17(12-3-1-2-4-12)15(18)11-5-6-13-14(9-11)20-10-19-13/h5-6,9,12H,1-4,7-8,10H2. The number of alkyl halides is 1. The van der Waals surface area contributed by atoms with Crippen molar-refractivity contribution in [3.63, 3.8) is 0 Å². The number of halogens is 1. The minimum Gasteiger partial charge on any atom is -0.454 e. The smallest absolute Gasteiger partial charge is 0.254 e. The monoisotopic (exact) mass is 339 g/mol. The summed E-state index contributed by atoms with van der Waals surface area (Å²) in [7, 11) is 0. The summed E-state index contributed by atoms with van der Waals surface area (Å²) in [6.45, 7) is 0.985. The topological polar surface area (TPSA) is 38.8 Å². The number of carbonyl (C=O) groups excluding carboxylic acids is 1. The molecule has 0 bridgehead atoms. The molecule has 0 saturated heterocycles. The van der Waals surface area contributed by atoms with Gasteiger partial charge in [-0.05, 0) is 31.0 Å². The number of benzene rings is 1. The van der Waals surface area contributed by atoms with Crippen molar-refractivity contribution in [1.82, 2.24) is 4.90 Å². The second-order valence-corrected chi connectivity index (χ2v) is 5.99. The SMILES string of the molecule is O=C(c1ccc2c(c1)OCO2)N(CCBr)C1CCCC1. The van der Waals surface area contributed by atoms with E-state index in [4.69, 9.17) is 9.47 Å². The number of amides is 1. The van der Waals surface area contributed by atoms with Gasteiger partial charge in [0.15, 0.2) is 11.5 Å². The van der Waals surface area contributed by atoms with E-state index in [0.717, 1.165) is 30.5 Å². The van der Waals surface area contributed by atoms with Crippen LogP contribution in [0, 0.1) is 0 Å². The lowest BCUT2D eigenvalue weighted by Crippen LogP contribution is -2.40. The van der Waals surface area contributed by atoms with Crippen molar-refractivity contribution in [1.29, 1.82) is 0 Å². The molecule has 4 nitrogen and oxygen atoms in total. The van der Waals surface area contributed by atoms with Crippen LogP contribution in [0.4, 0.5) is 0 Å². The van der Waals surface area contributed by atoms with Gasteiger partial charge >= 0.3 is 0 Å². The van der Waals surface area contributed by atoms with Crippen molar-refractivity contribution in [2.24, 2.45) is 0 Å². The number of fused-ring (bicyclic) bond motifs is 1. The molecule has 0 N–H and O–H groups in total. The summed E-state index contributed by atoms with van der Waals surface area (Å²) in [5.41, 5.74) is 0.683. The minimum atomic E-state index is 0.0923. The van der Waals surface area contributed by atoms with Crippen LogP contribution in [-0.2, 0) is 0 Å². The Morgan fingerprint density at radius 2 is 2.00 bits per heavy atom. The zero-order valence-electron chi connectivity index (χ0n) is 11.3. The molecular weight excluding hydrogens is 322 g/mol. The first-order valence-corrected chi connectivity index (χ1v) is 8.18. The summed E-state index contributed by atoms with van der Waals surface area (Å²) in [4.78, 5) is 14.7. The summed E-state index contributed by atoms with van der Waals surface area (Å²) < 4.78 is 10.6. The van der Waals surface area contributed by atoms with Crippen LogP contribution in [0.2, 0.25) is 0 Å². The van der Waals surface area contributed by atoms with Gasteiger partial charge in [0, 0.05) is 23.5 Å². The molecule has 1 aromatic carbocycles. The molecule has 1 heterocycles. The lowest BCUT2D eigenvalue weighted by atomic mass is 10.1. The Morgan fingerprint density at radius 3 is 2.75 bits per heavy atom. The average molecular weight is 340 g/mol. The zero-order chi connectivity index (χ0) is 13.9. The highest BCUT2D eigenvalue weighted by Crippen LogP contribution is 2.33. The molecule has 1 aromatic rings. The number of hydrogen-bond acceptors (Lipinski definition) is 3. The first-order valence-electron chi connectivity index (χ1n) is 7.06. The van der Waals surface area contributed by atoms with E-state index in [1.807, 2.05) is 17.0 Å². The van der Waals surface area contributed by atoms with Gasteiger partial charge in [0.2, 0.25) is 6.79 Å². The Balaban J connectivity index is 1.81. The second-order valence-electron chi connectivity index (χ2n) is 5.19. The predicted molar refractivity (Wildman–Crippen MR) is 79.7 cm³/mol. The number of hydrogen-bond donors (Lipinski definition) is 0. The molecule has 1 fully saturated rings. The lowest BCUT2D eigenvalue weighted by molar-refractivity contribution is 0.0696. The normalized spacial score (nSPS) is 17.4. The quantitative estimate of drug-likeness (QED) is 0.790. The van der Waals surface area contributed by atoms with E-state index in [-0.39, 0.29) is 12.7 Å². The number of nitrogens with zero attached hydrogens (tertiary/aromatic N) is 1. The number of rotatable bonds is 4. The second kappa shape index (κ2) is 6.04. The predicted octanol–water partition coefficient (Wildman–Crippen LogP) is 3.20. The highest BCUT2D eigenvalue weighted by molar-refractivity contribution is 9.09. The van der Waals surface area contributed by atoms with Crippen LogP contribution < -0.4 is 9.47 Å². The molecule has 5 heteroatoms. The van der Waals surface area contributed by atoms with Crippen molar-refractivity contribution >= 4 is 21.8 Å². The van der Waals surface area contributed by atoms with Gasteiger partial charge in [0.25, 0.3) is 5.91 Å². The third kappa shape index (κ3) is 2.64. The van der Waals surface area contributed by atoms with E-state index < -0.39 is 0 Å². The van der Waals surface area contributed by atoms with E-state index in [9.17, 15) is 4.79 Å². The van der Waals surface area contributed by atoms with Crippen LogP contribution in [0.25, 0.3) is 0 Å². The molecule has 1 amide bonds. The third-order valence-corrected chi connectivity index (χ3v) is 4.33. The summed E-state index contributed by atoms with van der Waals surface area (Å²) >= 11 is 3.45. The molecule has 3 rings (SSSR count). The fourth-order valence-corrected chi connectivity index (χ4v) is 3.33. The molecule has 0 atom stereocenters. The Bertz CT molecular complexity index is 500. The van der Waals surface area contributed by atoms with Crippen LogP contribution >= 0.6 is 15.9 Å². The van der Waals surface area contributed by atoms with Gasteiger partial charge in [-0.3, -0.25) is 4.79 Å². The van der Waals surface area contributed by atoms with Crippen molar-refractivity contribution in [2.45, 2.75) is 31.7 Å². The Hall–Kier alpha value is -1.23. The molecule has 2 aliphatic rings. The maximum absolute atomic E-state index is 12.7. The van der Waals surface area contributed by atoms with Gasteiger partial charge in [0.1, 0.15) is 0 Å². The lowest BCUT2D eigenvalue weighted by Gasteiger charge is -2.28. The van der Waals surface area contributed by atoms with Gasteiger partial charge in [-0.25, -0.2) is 0 Å². The van der Waals surface area contributed by atoms with Gasteiger partial charge in [-0.2, -0.15) is 0 Å². The van der Waals surface area contributed by atoms with Gasteiger partial charge in [0.05, 0.1) is 0 Å². The van der Waals surface area contributed by atoms with Crippen molar-refractivity contribution < 1.29 is 14.3 Å². The summed E-state index contributed by atoms with van der Waals surface area (Å²) in [6.07, 6.45) is 4.67. The van der Waals surface area contributed by atoms with Crippen molar-refractivity contribution in [3.8, 4) is 11.5 Å². The van der Waals surface area contributed by atoms with Crippen LogP contribution in [0.1, 0.15) is 36.0 Å². The van der Waals surface area contributed by atoms with Crippen molar-refractivity contribution in [3.05, 3.63) is 23.8 Å². The highest BCUT2D eigenvalue weighted by Gasteiger charge is 2.27. The van der Waals surface area contributed by atoms with E-state index in [0.29, 0.717) is 17.4 Å². The Labute approximate surface area is 127 Å². The maximum Gasteiger partial charge on any atom is 0.254 e. The fourth-order valence-electron chi connectivity index (χ4n) is 2.95. The van der Waals surface area contributed by atoms with Crippen LogP contribution in [-0.4, -0.2) is 35.5 Å². The largest absolute Gasteiger partial charge is 0.454 e. The highest BCUT2D eigenvalue weighted by atomic mass is 79.9. The van der Waals surface area contributed by atoms with Gasteiger partial charge < -0.3 is 14.4 Å². The molecule has 1 aliphatic carbocycles. The maximum atomic E-state index is 12.7. The average Bonchev–Trinajstić information content (AvgIpc) is 3.13. The molecule has 0 spiro atoms. The van der Waals surface area contributed by atoms with Gasteiger partial charge in [-0.15, -0.1) is 0 Å². The van der Waals surface area contributed by atoms with Crippen LogP contribution in [0.5, 0.6) is 11.5 Å². The molecule has 1 saturated carbocycles. The van der Waals surface area contributed by atoms with E-state index in [2.05, 4.69) is 15.9 Å². The molecule has 20 heavy (non-hydrogen) atoms. The minimum absolute atomic E-state index is 0.0923. The van der Waals surface area contributed by atoms with Crippen LogP contribution in [0.15, 0.2) is 18.2 Å².